The van der Waals surface area contributed by atoms with Gasteiger partial charge in [-0.2, -0.15) is 0 Å². The number of quaternary nitrogens is 1. The van der Waals surface area contributed by atoms with Gasteiger partial charge in [0.25, 0.3) is 5.91 Å². The van der Waals surface area contributed by atoms with Crippen LogP contribution in [0, 0.1) is 12.7 Å². The van der Waals surface area contributed by atoms with Gasteiger partial charge in [0.2, 0.25) is 5.88 Å². The van der Waals surface area contributed by atoms with E-state index in [0.29, 0.717) is 12.1 Å². The Hall–Kier alpha value is -3.00. The zero-order valence-electron chi connectivity index (χ0n) is 16.3. The number of amides is 1. The number of hydrogen-bond donors (Lipinski definition) is 2. The highest BCUT2D eigenvalue weighted by atomic mass is 19.1. The summed E-state index contributed by atoms with van der Waals surface area (Å²) in [5.41, 5.74) is 0.487. The van der Waals surface area contributed by atoms with Gasteiger partial charge in [0.05, 0.1) is 19.2 Å². The number of carbonyl (C=O) groups is 3. The molecule has 2 N–H and O–H groups in total. The van der Waals surface area contributed by atoms with Gasteiger partial charge >= 0.3 is 5.97 Å². The molecule has 150 valence electrons. The molecule has 0 radical (unpaired) electrons. The fraction of sp³-hybridized carbons (Fsp3) is 0.350. The smallest absolute Gasteiger partial charge is 0.344 e. The standard InChI is InChI=1S/C20H23FN2O5/c1-5-27-20(26)18-17(12(2)24)13(3)28-19(18)22-16(25)11-23(4)10-14-8-6-7-9-15(14)21/h6-9H,5,10-11H2,1-4H3,(H,22,25)/p+1. The average Bonchev–Trinajstić information content (AvgIpc) is 2.93. The average molecular weight is 391 g/mol. The van der Waals surface area contributed by atoms with Crippen LogP contribution < -0.4 is 10.2 Å². The van der Waals surface area contributed by atoms with Gasteiger partial charge in [-0.25, -0.2) is 9.18 Å². The van der Waals surface area contributed by atoms with Crippen LogP contribution in [0.25, 0.3) is 0 Å². The number of ether oxygens (including phenoxy) is 1. The maximum Gasteiger partial charge on any atom is 0.344 e. The maximum atomic E-state index is 13.8. The first-order chi connectivity index (χ1) is 13.2. The topological polar surface area (TPSA) is 90.0 Å². The molecular weight excluding hydrogens is 367 g/mol. The molecule has 0 saturated carbocycles. The zero-order valence-corrected chi connectivity index (χ0v) is 16.3. The van der Waals surface area contributed by atoms with E-state index >= 15 is 0 Å². The number of rotatable bonds is 8. The molecule has 1 atom stereocenters. The van der Waals surface area contributed by atoms with Gasteiger partial charge in [-0.1, -0.05) is 18.2 Å². The van der Waals surface area contributed by atoms with E-state index in [9.17, 15) is 18.8 Å². The van der Waals surface area contributed by atoms with Crippen molar-refractivity contribution in [3.05, 3.63) is 52.5 Å². The molecule has 0 saturated heterocycles. The van der Waals surface area contributed by atoms with Crippen LogP contribution in [0.3, 0.4) is 0 Å². The van der Waals surface area contributed by atoms with Gasteiger partial charge in [-0.05, 0) is 26.8 Å². The summed E-state index contributed by atoms with van der Waals surface area (Å²) in [6.45, 7) is 4.90. The minimum absolute atomic E-state index is 0.00571. The minimum atomic E-state index is -0.744. The number of furan rings is 1. The Morgan fingerprint density at radius 2 is 1.89 bits per heavy atom. The Morgan fingerprint density at radius 3 is 2.50 bits per heavy atom. The third-order valence-corrected chi connectivity index (χ3v) is 4.08. The van der Waals surface area contributed by atoms with Gasteiger partial charge in [0, 0.05) is 5.56 Å². The number of Topliss-reactive ketones (excluding diaryl/α,β-unsaturated/α-hetero) is 1. The molecule has 0 spiro atoms. The Morgan fingerprint density at radius 1 is 1.21 bits per heavy atom. The van der Waals surface area contributed by atoms with Crippen molar-refractivity contribution < 1.29 is 32.8 Å². The van der Waals surface area contributed by atoms with Crippen LogP contribution in [0.15, 0.2) is 28.7 Å². The summed E-state index contributed by atoms with van der Waals surface area (Å²) in [7, 11) is 1.74. The van der Waals surface area contributed by atoms with E-state index in [0.717, 1.165) is 4.90 Å². The van der Waals surface area contributed by atoms with Crippen molar-refractivity contribution in [3.8, 4) is 0 Å². The van der Waals surface area contributed by atoms with Crippen molar-refractivity contribution in [1.29, 1.82) is 0 Å². The van der Waals surface area contributed by atoms with E-state index in [2.05, 4.69) is 5.32 Å². The number of ketones is 1. The molecule has 2 aromatic rings. The molecule has 0 aliphatic rings. The first-order valence-electron chi connectivity index (χ1n) is 8.90. The summed E-state index contributed by atoms with van der Waals surface area (Å²) >= 11 is 0. The third-order valence-electron chi connectivity index (χ3n) is 4.08. The highest BCUT2D eigenvalue weighted by Crippen LogP contribution is 2.28. The van der Waals surface area contributed by atoms with Crippen LogP contribution in [0.1, 0.15) is 45.9 Å². The number of aryl methyl sites for hydroxylation is 1. The monoisotopic (exact) mass is 391 g/mol. The van der Waals surface area contributed by atoms with Crippen LogP contribution >= 0.6 is 0 Å². The Bertz CT molecular complexity index is 891. The fourth-order valence-electron chi connectivity index (χ4n) is 2.93. The van der Waals surface area contributed by atoms with E-state index in [-0.39, 0.29) is 47.5 Å². The second-order valence-electron chi connectivity index (χ2n) is 6.46. The van der Waals surface area contributed by atoms with Gasteiger partial charge < -0.3 is 14.1 Å². The van der Waals surface area contributed by atoms with Crippen LogP contribution in [0.4, 0.5) is 10.3 Å². The minimum Gasteiger partial charge on any atom is -0.462 e. The number of benzene rings is 1. The normalized spacial score (nSPS) is 11.8. The van der Waals surface area contributed by atoms with E-state index in [1.54, 1.807) is 32.2 Å². The van der Waals surface area contributed by atoms with Crippen molar-refractivity contribution in [2.24, 2.45) is 0 Å². The van der Waals surface area contributed by atoms with Crippen molar-refractivity contribution in [3.63, 3.8) is 0 Å². The number of halogens is 1. The van der Waals surface area contributed by atoms with Crippen molar-refractivity contribution in [2.45, 2.75) is 27.3 Å². The van der Waals surface area contributed by atoms with Crippen LogP contribution in [0.2, 0.25) is 0 Å². The summed E-state index contributed by atoms with van der Waals surface area (Å²) in [6, 6.07) is 6.35. The van der Waals surface area contributed by atoms with Gasteiger partial charge in [-0.15, -0.1) is 0 Å². The lowest BCUT2D eigenvalue weighted by Gasteiger charge is -2.14. The lowest BCUT2D eigenvalue weighted by molar-refractivity contribution is -0.885. The second kappa shape index (κ2) is 9.27. The molecule has 1 aromatic carbocycles. The molecule has 7 nitrogen and oxygen atoms in total. The molecule has 8 heteroatoms. The summed E-state index contributed by atoms with van der Waals surface area (Å²) in [4.78, 5) is 37.3. The molecule has 0 bridgehead atoms. The zero-order chi connectivity index (χ0) is 20.8. The molecule has 28 heavy (non-hydrogen) atoms. The van der Waals surface area contributed by atoms with E-state index in [1.165, 1.54) is 19.9 Å². The Kier molecular flexibility index (Phi) is 7.06. The van der Waals surface area contributed by atoms with Gasteiger partial charge in [-0.3, -0.25) is 14.9 Å². The van der Waals surface area contributed by atoms with Crippen LogP contribution in [-0.2, 0) is 16.1 Å². The molecule has 1 unspecified atom stereocenters. The van der Waals surface area contributed by atoms with Crippen LogP contribution in [-0.4, -0.2) is 37.9 Å². The number of esters is 1. The lowest BCUT2D eigenvalue weighted by atomic mass is 10.1. The molecule has 0 fully saturated rings. The number of carbonyl (C=O) groups excluding carboxylic acids is 3. The van der Waals surface area contributed by atoms with Crippen molar-refractivity contribution >= 4 is 23.5 Å². The van der Waals surface area contributed by atoms with E-state index < -0.39 is 11.9 Å². The first-order valence-corrected chi connectivity index (χ1v) is 8.90. The summed E-state index contributed by atoms with van der Waals surface area (Å²) in [6.07, 6.45) is 0. The lowest BCUT2D eigenvalue weighted by Crippen LogP contribution is -3.08. The van der Waals surface area contributed by atoms with E-state index in [1.807, 2.05) is 0 Å². The molecule has 1 heterocycles. The predicted molar refractivity (Wildman–Crippen MR) is 99.9 cm³/mol. The first kappa shape index (κ1) is 21.3. The van der Waals surface area contributed by atoms with Gasteiger partial charge in [0.15, 0.2) is 12.3 Å². The SMILES string of the molecule is CCOC(=O)c1c(NC(=O)C[NH+](C)Cc2ccccc2F)oc(C)c1C(C)=O. The molecule has 0 aliphatic heterocycles. The van der Waals surface area contributed by atoms with Crippen molar-refractivity contribution in [2.75, 3.05) is 25.5 Å². The predicted octanol–water partition coefficient (Wildman–Crippen LogP) is 1.76. The Balaban J connectivity index is 2.15. The molecule has 1 amide bonds. The van der Waals surface area contributed by atoms with Crippen LogP contribution in [0.5, 0.6) is 0 Å². The second-order valence-corrected chi connectivity index (χ2v) is 6.46. The highest BCUT2D eigenvalue weighted by Gasteiger charge is 2.29. The van der Waals surface area contributed by atoms with E-state index in [4.69, 9.17) is 9.15 Å². The third kappa shape index (κ3) is 5.04. The number of hydrogen-bond acceptors (Lipinski definition) is 5. The highest BCUT2D eigenvalue weighted by molar-refractivity contribution is 6.10. The molecular formula is C20H24FN2O5+. The quantitative estimate of drug-likeness (QED) is 0.529. The number of likely N-dealkylation sites (N-methyl/N-ethyl adjacent to an activating group) is 1. The molecule has 2 rings (SSSR count). The van der Waals surface area contributed by atoms with Crippen molar-refractivity contribution in [1.82, 2.24) is 0 Å². The summed E-state index contributed by atoms with van der Waals surface area (Å²) < 4.78 is 24.2. The number of anilines is 1. The summed E-state index contributed by atoms with van der Waals surface area (Å²) in [5.74, 6) is -1.79. The molecule has 1 aromatic heterocycles. The Labute approximate surface area is 162 Å². The largest absolute Gasteiger partial charge is 0.462 e. The van der Waals surface area contributed by atoms with Gasteiger partial charge in [0.1, 0.15) is 23.7 Å². The number of nitrogens with one attached hydrogen (secondary N) is 2. The fourth-order valence-corrected chi connectivity index (χ4v) is 2.93. The molecule has 0 aliphatic carbocycles. The summed E-state index contributed by atoms with van der Waals surface area (Å²) in [5, 5.41) is 2.52. The maximum absolute atomic E-state index is 13.8.